The van der Waals surface area contributed by atoms with Crippen LogP contribution in [-0.2, 0) is 44.8 Å². The van der Waals surface area contributed by atoms with Gasteiger partial charge < -0.3 is 0 Å². The van der Waals surface area contributed by atoms with Gasteiger partial charge in [-0.05, 0) is 0 Å². The van der Waals surface area contributed by atoms with Crippen LogP contribution in [0, 0.1) is 11.8 Å². The Bertz CT molecular complexity index is 10.8. The molecule has 0 amide bonds. The molecule has 0 saturated heterocycles. The van der Waals surface area contributed by atoms with E-state index in [9.17, 15) is 0 Å². The number of nitriles is 1. The maximum absolute atomic E-state index is 6.50. The SMILES string of the molecule is C#N.[Au].[Au]. The zero-order valence-corrected chi connectivity index (χ0v) is 5.96. The summed E-state index contributed by atoms with van der Waals surface area (Å²) in [6, 6.07) is 0. The van der Waals surface area contributed by atoms with Crippen molar-refractivity contribution < 1.29 is 44.8 Å². The molecule has 0 fully saturated rings. The molecule has 1 nitrogen and oxygen atoms in total. The molecule has 0 N–H and O–H groups in total. The van der Waals surface area contributed by atoms with Crippen LogP contribution in [0.5, 0.6) is 0 Å². The monoisotopic (exact) mass is 421 g/mol. The van der Waals surface area contributed by atoms with Crippen molar-refractivity contribution in [3.05, 3.63) is 0 Å². The van der Waals surface area contributed by atoms with Crippen LogP contribution < -0.4 is 0 Å². The first-order valence-corrected chi connectivity index (χ1v) is 0.258. The van der Waals surface area contributed by atoms with Gasteiger partial charge in [0.05, 0.1) is 0 Å². The predicted molar refractivity (Wildman–Crippen MR) is 6.67 cm³/mol. The Morgan fingerprint density at radius 2 is 1.00 bits per heavy atom. The Kier molecular flexibility index (Phi) is 188. The molecule has 0 aromatic heterocycles. The summed E-state index contributed by atoms with van der Waals surface area (Å²) in [6.07, 6.45) is 0. The number of hydrogen-bond acceptors (Lipinski definition) is 1. The molecular weight excluding hydrogens is 420 g/mol. The molecule has 0 aliphatic heterocycles. The summed E-state index contributed by atoms with van der Waals surface area (Å²) in [4.78, 5) is 0. The molecule has 3 heteroatoms. The molecule has 0 bridgehead atoms. The molecule has 0 aliphatic carbocycles. The molecule has 0 aromatic carbocycles. The first kappa shape index (κ1) is 20.2. The van der Waals surface area contributed by atoms with Crippen molar-refractivity contribution in [2.24, 2.45) is 0 Å². The van der Waals surface area contributed by atoms with Gasteiger partial charge in [0, 0.05) is 51.3 Å². The fraction of sp³-hybridized carbons (Fsp3) is 0. The minimum atomic E-state index is 0. The van der Waals surface area contributed by atoms with E-state index >= 15 is 0 Å². The van der Waals surface area contributed by atoms with Crippen molar-refractivity contribution in [1.29, 1.82) is 5.26 Å². The summed E-state index contributed by atoms with van der Waals surface area (Å²) in [5, 5.41) is 6.50. The van der Waals surface area contributed by atoms with E-state index in [1.807, 2.05) is 0 Å². The van der Waals surface area contributed by atoms with E-state index in [2.05, 4.69) is 6.57 Å². The van der Waals surface area contributed by atoms with Gasteiger partial charge in [0.1, 0.15) is 0 Å². The summed E-state index contributed by atoms with van der Waals surface area (Å²) in [5.74, 6) is 0. The fourth-order valence-electron chi connectivity index (χ4n) is 0. The molecule has 2 radical (unpaired) electrons. The Labute approximate surface area is 56.4 Å². The smallest absolute Gasteiger partial charge is 0.0462 e. The molecular formula is CHAu2N. The molecule has 0 rings (SSSR count). The van der Waals surface area contributed by atoms with Crippen LogP contribution >= 0.6 is 0 Å². The summed E-state index contributed by atoms with van der Waals surface area (Å²) in [6.45, 7) is 3.50. The maximum Gasteiger partial charge on any atom is 0.0462 e. The molecule has 4 heavy (non-hydrogen) atoms. The predicted octanol–water partition coefficient (Wildman–Crippen LogP) is 0.135. The average molecular weight is 421 g/mol. The van der Waals surface area contributed by atoms with Crippen molar-refractivity contribution in [2.75, 3.05) is 0 Å². The normalized spacial score (nSPS) is 0.500. The van der Waals surface area contributed by atoms with Gasteiger partial charge in [-0.3, -0.25) is 0 Å². The first-order valence-electron chi connectivity index (χ1n) is 0.258. The van der Waals surface area contributed by atoms with Crippen molar-refractivity contribution in [2.45, 2.75) is 0 Å². The molecule has 0 spiro atoms. The van der Waals surface area contributed by atoms with Gasteiger partial charge >= 0.3 is 0 Å². The molecule has 0 aliphatic rings. The Morgan fingerprint density at radius 3 is 1.00 bits per heavy atom. The fourth-order valence-corrected chi connectivity index (χ4v) is 0. The number of nitrogens with zero attached hydrogens (tertiary/aromatic N) is 1. The molecule has 0 heterocycles. The van der Waals surface area contributed by atoms with Crippen molar-refractivity contribution >= 4 is 0 Å². The number of rotatable bonds is 0. The van der Waals surface area contributed by atoms with Crippen LogP contribution in [0.25, 0.3) is 0 Å². The third-order valence-corrected chi connectivity index (χ3v) is 0. The van der Waals surface area contributed by atoms with Gasteiger partial charge in [-0.25, -0.2) is 5.26 Å². The van der Waals surface area contributed by atoms with Crippen molar-refractivity contribution in [3.8, 4) is 6.57 Å². The third kappa shape index (κ3) is 12.2. The van der Waals surface area contributed by atoms with E-state index in [4.69, 9.17) is 5.26 Å². The quantitative estimate of drug-likeness (QED) is 0.511. The standard InChI is InChI=1S/CHN.2Au/c1-2;;/h1H;;. The summed E-state index contributed by atoms with van der Waals surface area (Å²) in [5.41, 5.74) is 0. The van der Waals surface area contributed by atoms with Crippen molar-refractivity contribution in [3.63, 3.8) is 0 Å². The van der Waals surface area contributed by atoms with Crippen molar-refractivity contribution in [1.82, 2.24) is 0 Å². The molecule has 0 unspecified atom stereocenters. The van der Waals surface area contributed by atoms with E-state index in [1.54, 1.807) is 0 Å². The Hall–Kier alpha value is 0.971. The zero-order chi connectivity index (χ0) is 2.00. The summed E-state index contributed by atoms with van der Waals surface area (Å²) in [7, 11) is 0. The van der Waals surface area contributed by atoms with Gasteiger partial charge in [-0.2, -0.15) is 0 Å². The average Bonchev–Trinajstić information content (AvgIpc) is 1.00. The second-order valence-corrected chi connectivity index (χ2v) is 0. The summed E-state index contributed by atoms with van der Waals surface area (Å²) < 4.78 is 0. The Morgan fingerprint density at radius 1 is 1.00 bits per heavy atom. The van der Waals surface area contributed by atoms with E-state index in [0.717, 1.165) is 0 Å². The van der Waals surface area contributed by atoms with E-state index in [1.165, 1.54) is 0 Å². The van der Waals surface area contributed by atoms with Gasteiger partial charge in [-0.1, -0.05) is 0 Å². The first-order chi connectivity index (χ1) is 1.00. The second kappa shape index (κ2) is 37.2. The Balaban J connectivity index is -0.00000000500. The largest absolute Gasteiger partial charge is 0.202 e. The second-order valence-electron chi connectivity index (χ2n) is 0. The maximum atomic E-state index is 6.50. The molecule has 0 atom stereocenters. The van der Waals surface area contributed by atoms with E-state index in [0.29, 0.717) is 0 Å². The van der Waals surface area contributed by atoms with E-state index < -0.39 is 0 Å². The van der Waals surface area contributed by atoms with Crippen LogP contribution in [0.3, 0.4) is 0 Å². The van der Waals surface area contributed by atoms with Crippen LogP contribution in [-0.4, -0.2) is 0 Å². The molecule has 32 valence electrons. The van der Waals surface area contributed by atoms with Crippen LogP contribution in [0.15, 0.2) is 0 Å². The third-order valence-electron chi connectivity index (χ3n) is 0. The topological polar surface area (TPSA) is 23.8 Å². The van der Waals surface area contributed by atoms with Gasteiger partial charge in [-0.15, -0.1) is 0 Å². The van der Waals surface area contributed by atoms with E-state index in [-0.39, 0.29) is 44.8 Å². The van der Waals surface area contributed by atoms with Gasteiger partial charge in [0.15, 0.2) is 0 Å². The van der Waals surface area contributed by atoms with Crippen LogP contribution in [0.4, 0.5) is 0 Å². The minimum Gasteiger partial charge on any atom is -0.202 e. The molecule has 0 aromatic rings. The molecule has 0 saturated carbocycles. The zero-order valence-electron chi connectivity index (χ0n) is 1.63. The minimum absolute atomic E-state index is 0. The van der Waals surface area contributed by atoms with Gasteiger partial charge in [0.25, 0.3) is 0 Å². The van der Waals surface area contributed by atoms with Gasteiger partial charge in [0.2, 0.25) is 0 Å². The summed E-state index contributed by atoms with van der Waals surface area (Å²) >= 11 is 0. The van der Waals surface area contributed by atoms with Crippen LogP contribution in [0.2, 0.25) is 0 Å². The number of hydrogen-bond donors (Lipinski definition) is 0. The van der Waals surface area contributed by atoms with Crippen LogP contribution in [0.1, 0.15) is 0 Å².